The first kappa shape index (κ1) is 26.5. The molecule has 3 aromatic heterocycles. The summed E-state index contributed by atoms with van der Waals surface area (Å²) in [6.45, 7) is 14.4. The number of halogens is 1. The maximum absolute atomic E-state index is 14.6. The Kier molecular flexibility index (Phi) is 6.48. The van der Waals surface area contributed by atoms with Gasteiger partial charge in [-0.1, -0.05) is 0 Å². The quantitative estimate of drug-likeness (QED) is 0.380. The zero-order valence-corrected chi connectivity index (χ0v) is 23.3. The number of rotatable bonds is 3. The lowest BCUT2D eigenvalue weighted by molar-refractivity contribution is 0.00567. The van der Waals surface area contributed by atoms with Gasteiger partial charge in [0.05, 0.1) is 40.2 Å². The number of piperazine rings is 1. The first-order chi connectivity index (χ1) is 18.3. The van der Waals surface area contributed by atoms with Gasteiger partial charge in [0.15, 0.2) is 11.5 Å². The number of benzene rings is 1. The van der Waals surface area contributed by atoms with Crippen LogP contribution in [0.5, 0.6) is 0 Å². The van der Waals surface area contributed by atoms with E-state index in [9.17, 15) is 14.0 Å². The summed E-state index contributed by atoms with van der Waals surface area (Å²) in [7, 11) is 0. The number of pyridine rings is 1. The van der Waals surface area contributed by atoms with Crippen LogP contribution >= 0.6 is 0 Å². The standard InChI is InChI=1S/C28H34FN7O3/c1-15-11-35-14-19(10-21(29)25(35)30-15)33-26(37)20-8-9-22(24-23(20)31-18(4)32-24)34-12-16(2)36(17(3)13-34)27(38)39-28(5,6)7/h8-11,14,16-17H,12-13H2,1-7H3,(H,31,32)(H,33,37)/t16-,17+. The zero-order chi connectivity index (χ0) is 28.2. The van der Waals surface area contributed by atoms with Crippen LogP contribution in [0.3, 0.4) is 0 Å². The molecular weight excluding hydrogens is 501 g/mol. The second-order valence-electron chi connectivity index (χ2n) is 11.3. The van der Waals surface area contributed by atoms with Crippen LogP contribution in [-0.4, -0.2) is 67.0 Å². The average Bonchev–Trinajstić information content (AvgIpc) is 3.38. The summed E-state index contributed by atoms with van der Waals surface area (Å²) in [6, 6.07) is 4.69. The number of aryl methyl sites for hydroxylation is 2. The molecule has 1 aromatic carbocycles. The number of hydrogen-bond donors (Lipinski definition) is 2. The molecule has 4 heterocycles. The molecule has 1 aliphatic rings. The van der Waals surface area contributed by atoms with Gasteiger partial charge in [-0.15, -0.1) is 0 Å². The molecule has 2 N–H and O–H groups in total. The Hall–Kier alpha value is -4.15. The lowest BCUT2D eigenvalue weighted by Gasteiger charge is -2.45. The molecule has 11 heteroatoms. The van der Waals surface area contributed by atoms with Crippen molar-refractivity contribution in [3.8, 4) is 0 Å². The summed E-state index contributed by atoms with van der Waals surface area (Å²) >= 11 is 0. The normalized spacial score (nSPS) is 18.2. The summed E-state index contributed by atoms with van der Waals surface area (Å²) in [5.41, 5.74) is 3.15. The van der Waals surface area contributed by atoms with E-state index in [0.29, 0.717) is 41.4 Å². The lowest BCUT2D eigenvalue weighted by atomic mass is 10.1. The topological polar surface area (TPSA) is 108 Å². The highest BCUT2D eigenvalue weighted by Crippen LogP contribution is 2.32. The van der Waals surface area contributed by atoms with E-state index in [2.05, 4.69) is 25.2 Å². The van der Waals surface area contributed by atoms with Crippen LogP contribution in [-0.2, 0) is 4.74 Å². The Morgan fingerprint density at radius 3 is 2.46 bits per heavy atom. The Morgan fingerprint density at radius 2 is 1.79 bits per heavy atom. The first-order valence-corrected chi connectivity index (χ1v) is 13.0. The molecule has 2 atom stereocenters. The summed E-state index contributed by atoms with van der Waals surface area (Å²) < 4.78 is 21.7. The molecule has 39 heavy (non-hydrogen) atoms. The average molecular weight is 536 g/mol. The van der Waals surface area contributed by atoms with Crippen LogP contribution in [0, 0.1) is 19.7 Å². The summed E-state index contributed by atoms with van der Waals surface area (Å²) in [5, 5.41) is 2.80. The fraction of sp³-hybridized carbons (Fsp3) is 0.429. The van der Waals surface area contributed by atoms with Crippen molar-refractivity contribution in [1.29, 1.82) is 0 Å². The van der Waals surface area contributed by atoms with Gasteiger partial charge >= 0.3 is 6.09 Å². The number of nitrogens with zero attached hydrogens (tertiary/aromatic N) is 5. The molecule has 0 radical (unpaired) electrons. The van der Waals surface area contributed by atoms with Crippen LogP contribution in [0.25, 0.3) is 16.7 Å². The number of fused-ring (bicyclic) bond motifs is 2. The van der Waals surface area contributed by atoms with Crippen LogP contribution < -0.4 is 10.2 Å². The Balaban J connectivity index is 1.41. The van der Waals surface area contributed by atoms with E-state index < -0.39 is 17.3 Å². The van der Waals surface area contributed by atoms with Crippen molar-refractivity contribution in [2.45, 2.75) is 66.2 Å². The zero-order valence-electron chi connectivity index (χ0n) is 23.3. The second kappa shape index (κ2) is 9.55. The molecule has 5 rings (SSSR count). The Labute approximate surface area is 226 Å². The number of nitrogens with one attached hydrogen (secondary N) is 2. The van der Waals surface area contributed by atoms with Gasteiger partial charge in [-0.2, -0.15) is 0 Å². The molecule has 2 amide bonds. The second-order valence-corrected chi connectivity index (χ2v) is 11.3. The fourth-order valence-corrected chi connectivity index (χ4v) is 5.28. The summed E-state index contributed by atoms with van der Waals surface area (Å²) in [4.78, 5) is 42.2. The molecule has 1 fully saturated rings. The predicted molar refractivity (Wildman–Crippen MR) is 148 cm³/mol. The number of carbonyl (C=O) groups excluding carboxylic acids is 2. The molecule has 0 saturated carbocycles. The molecule has 10 nitrogen and oxygen atoms in total. The predicted octanol–water partition coefficient (Wildman–Crippen LogP) is 5.05. The van der Waals surface area contributed by atoms with E-state index in [-0.39, 0.29) is 23.8 Å². The Bertz CT molecular complexity index is 1570. The van der Waals surface area contributed by atoms with Gasteiger partial charge in [0, 0.05) is 31.5 Å². The van der Waals surface area contributed by atoms with Gasteiger partial charge < -0.3 is 24.3 Å². The van der Waals surface area contributed by atoms with Crippen molar-refractivity contribution < 1.29 is 18.7 Å². The number of hydrogen-bond acceptors (Lipinski definition) is 6. The minimum Gasteiger partial charge on any atom is -0.444 e. The fourth-order valence-electron chi connectivity index (χ4n) is 5.28. The van der Waals surface area contributed by atoms with Gasteiger partial charge in [-0.05, 0) is 60.6 Å². The number of imidazole rings is 2. The van der Waals surface area contributed by atoms with Gasteiger partial charge in [0.1, 0.15) is 16.9 Å². The minimum absolute atomic E-state index is 0.0951. The Morgan fingerprint density at radius 1 is 1.10 bits per heavy atom. The molecule has 206 valence electrons. The van der Waals surface area contributed by atoms with Crippen molar-refractivity contribution in [2.24, 2.45) is 0 Å². The molecule has 0 unspecified atom stereocenters. The third kappa shape index (κ3) is 5.13. The van der Waals surface area contributed by atoms with Crippen LogP contribution in [0.15, 0.2) is 30.6 Å². The molecule has 0 bridgehead atoms. The van der Waals surface area contributed by atoms with Gasteiger partial charge in [-0.25, -0.2) is 19.2 Å². The number of amides is 2. The van der Waals surface area contributed by atoms with E-state index in [1.54, 1.807) is 34.7 Å². The van der Waals surface area contributed by atoms with E-state index in [1.165, 1.54) is 6.07 Å². The highest BCUT2D eigenvalue weighted by atomic mass is 19.1. The maximum atomic E-state index is 14.6. The number of ether oxygens (including phenoxy) is 1. The number of carbonyl (C=O) groups is 2. The van der Waals surface area contributed by atoms with E-state index >= 15 is 0 Å². The summed E-state index contributed by atoms with van der Waals surface area (Å²) in [6.07, 6.45) is 3.00. The molecular formula is C28H34FN7O3. The third-order valence-corrected chi connectivity index (χ3v) is 6.73. The maximum Gasteiger partial charge on any atom is 0.410 e. The van der Waals surface area contributed by atoms with E-state index in [1.807, 2.05) is 47.6 Å². The van der Waals surface area contributed by atoms with Crippen molar-refractivity contribution in [3.05, 3.63) is 53.5 Å². The largest absolute Gasteiger partial charge is 0.444 e. The van der Waals surface area contributed by atoms with Crippen molar-refractivity contribution in [1.82, 2.24) is 24.3 Å². The van der Waals surface area contributed by atoms with Gasteiger partial charge in [-0.3, -0.25) is 9.69 Å². The monoisotopic (exact) mass is 535 g/mol. The molecule has 1 saturated heterocycles. The lowest BCUT2D eigenvalue weighted by Crippen LogP contribution is -2.59. The van der Waals surface area contributed by atoms with Crippen molar-refractivity contribution in [3.63, 3.8) is 0 Å². The van der Waals surface area contributed by atoms with Crippen molar-refractivity contribution >= 4 is 40.1 Å². The van der Waals surface area contributed by atoms with E-state index in [4.69, 9.17) is 4.74 Å². The highest BCUT2D eigenvalue weighted by Gasteiger charge is 2.36. The van der Waals surface area contributed by atoms with Crippen LogP contribution in [0.4, 0.5) is 20.6 Å². The number of anilines is 2. The molecule has 4 aromatic rings. The van der Waals surface area contributed by atoms with Crippen molar-refractivity contribution in [2.75, 3.05) is 23.3 Å². The minimum atomic E-state index is -0.571. The highest BCUT2D eigenvalue weighted by molar-refractivity contribution is 6.13. The van der Waals surface area contributed by atoms with Crippen LogP contribution in [0.1, 0.15) is 56.5 Å². The first-order valence-electron chi connectivity index (χ1n) is 13.0. The van der Waals surface area contributed by atoms with Gasteiger partial charge in [0.25, 0.3) is 5.91 Å². The SMILES string of the molecule is Cc1cn2cc(NC(=O)c3ccc(N4C[C@@H](C)N(C(=O)OC(C)(C)C)[C@@H](C)C4)c4[nH]c(C)nc34)cc(F)c2n1. The summed E-state index contributed by atoms with van der Waals surface area (Å²) in [5.74, 6) is -0.253. The molecule has 0 spiro atoms. The molecule has 0 aliphatic carbocycles. The van der Waals surface area contributed by atoms with Crippen LogP contribution in [0.2, 0.25) is 0 Å². The third-order valence-electron chi connectivity index (χ3n) is 6.73. The number of aromatic nitrogens is 4. The molecule has 1 aliphatic heterocycles. The number of H-pyrrole nitrogens is 1. The smallest absolute Gasteiger partial charge is 0.410 e. The van der Waals surface area contributed by atoms with E-state index in [0.717, 1.165) is 11.2 Å². The number of aromatic amines is 1. The van der Waals surface area contributed by atoms with Gasteiger partial charge in [0.2, 0.25) is 0 Å².